The lowest BCUT2D eigenvalue weighted by Crippen LogP contribution is -2.42. The van der Waals surface area contributed by atoms with Crippen LogP contribution in [0, 0.1) is 20.2 Å². The number of thiazole rings is 1. The number of hydrogen-bond donors (Lipinski definition) is 1. The summed E-state index contributed by atoms with van der Waals surface area (Å²) in [5.41, 5.74) is 4.33. The number of nitro benzene ring substituents is 2. The van der Waals surface area contributed by atoms with Crippen molar-refractivity contribution in [1.29, 1.82) is 0 Å². The Kier molecular flexibility index (Phi) is 7.70. The van der Waals surface area contributed by atoms with Gasteiger partial charge in [0.25, 0.3) is 17.3 Å². The molecule has 11 nitrogen and oxygen atoms in total. The van der Waals surface area contributed by atoms with Crippen LogP contribution < -0.4 is 5.43 Å². The molecule has 0 bridgehead atoms. The first kappa shape index (κ1) is 26.5. The average Bonchev–Trinajstić information content (AvgIpc) is 3.47. The van der Waals surface area contributed by atoms with E-state index >= 15 is 0 Å². The molecule has 4 aromatic rings. The zero-order valence-electron chi connectivity index (χ0n) is 19.8. The number of non-ortho nitro benzene ring substituents is 2. The summed E-state index contributed by atoms with van der Waals surface area (Å²) in [5.74, 6) is -0.471. The number of benzene rings is 3. The molecule has 1 amide bonds. The highest BCUT2D eigenvalue weighted by atomic mass is 32.2. The van der Waals surface area contributed by atoms with Gasteiger partial charge in [-0.25, -0.2) is 10.4 Å². The summed E-state index contributed by atoms with van der Waals surface area (Å²) in [6.45, 7) is -0.206. The molecule has 1 atom stereocenters. The summed E-state index contributed by atoms with van der Waals surface area (Å²) in [6, 6.07) is 19.3. The molecule has 14 heteroatoms. The highest BCUT2D eigenvalue weighted by Crippen LogP contribution is 2.46. The molecular weight excluding hydrogens is 563 g/mol. The van der Waals surface area contributed by atoms with E-state index in [1.54, 1.807) is 12.1 Å². The van der Waals surface area contributed by atoms with E-state index in [1.807, 2.05) is 24.3 Å². The van der Waals surface area contributed by atoms with Crippen LogP contribution in [0.1, 0.15) is 16.5 Å². The molecule has 0 saturated carbocycles. The Labute approximate surface area is 233 Å². The van der Waals surface area contributed by atoms with Crippen molar-refractivity contribution in [3.63, 3.8) is 0 Å². The van der Waals surface area contributed by atoms with Crippen LogP contribution in [0.25, 0.3) is 16.3 Å². The number of fused-ring (bicyclic) bond motifs is 1. The van der Waals surface area contributed by atoms with Gasteiger partial charge in [0.1, 0.15) is 5.37 Å². The maximum Gasteiger partial charge on any atom is 0.275 e. The highest BCUT2D eigenvalue weighted by molar-refractivity contribution is 8.15. The lowest BCUT2D eigenvalue weighted by Gasteiger charge is -2.23. The quantitative estimate of drug-likeness (QED) is 0.122. The Morgan fingerprint density at radius 2 is 1.74 bits per heavy atom. The van der Waals surface area contributed by atoms with Gasteiger partial charge in [-0.1, -0.05) is 48.2 Å². The van der Waals surface area contributed by atoms with Crippen LogP contribution in [0.2, 0.25) is 0 Å². The molecule has 1 aliphatic rings. The lowest BCUT2D eigenvalue weighted by molar-refractivity contribution is -0.385. The van der Waals surface area contributed by atoms with Gasteiger partial charge in [-0.05, 0) is 41.1 Å². The lowest BCUT2D eigenvalue weighted by atomic mass is 10.2. The second-order valence-electron chi connectivity index (χ2n) is 8.11. The molecular formula is C25H17N5O6S3. The van der Waals surface area contributed by atoms with Gasteiger partial charge in [0.2, 0.25) is 5.12 Å². The number of aromatic nitrogens is 1. The van der Waals surface area contributed by atoms with Crippen molar-refractivity contribution < 1.29 is 19.4 Å². The molecule has 1 aliphatic heterocycles. The molecule has 0 spiro atoms. The van der Waals surface area contributed by atoms with E-state index in [-0.39, 0.29) is 27.9 Å². The average molecular weight is 580 g/mol. The number of amides is 1. The van der Waals surface area contributed by atoms with Gasteiger partial charge in [-0.3, -0.25) is 34.8 Å². The first-order chi connectivity index (χ1) is 18.8. The number of hydrazine groups is 1. The van der Waals surface area contributed by atoms with Crippen LogP contribution in [-0.2, 0) is 9.59 Å². The molecule has 196 valence electrons. The zero-order chi connectivity index (χ0) is 27.5. The highest BCUT2D eigenvalue weighted by Gasteiger charge is 2.38. The van der Waals surface area contributed by atoms with E-state index in [4.69, 9.17) is 0 Å². The van der Waals surface area contributed by atoms with Gasteiger partial charge in [0.05, 0.1) is 31.5 Å². The van der Waals surface area contributed by atoms with Gasteiger partial charge < -0.3 is 0 Å². The topological polar surface area (TPSA) is 149 Å². The molecule has 2 heterocycles. The third-order valence-electron chi connectivity index (χ3n) is 5.52. The number of carbonyl (C=O) groups is 2. The largest absolute Gasteiger partial charge is 0.285 e. The van der Waals surface area contributed by atoms with Crippen molar-refractivity contribution in [2.45, 2.75) is 9.71 Å². The summed E-state index contributed by atoms with van der Waals surface area (Å²) in [4.78, 5) is 52.3. The van der Waals surface area contributed by atoms with Crippen molar-refractivity contribution in [2.24, 2.45) is 0 Å². The third-order valence-corrected chi connectivity index (χ3v) is 8.74. The van der Waals surface area contributed by atoms with Gasteiger partial charge in [0.15, 0.2) is 4.34 Å². The van der Waals surface area contributed by atoms with Gasteiger partial charge in [-0.2, -0.15) is 0 Å². The summed E-state index contributed by atoms with van der Waals surface area (Å²) in [5, 5.41) is 22.8. The number of nitro groups is 2. The third kappa shape index (κ3) is 5.98. The minimum atomic E-state index is -0.720. The van der Waals surface area contributed by atoms with Crippen LogP contribution in [-0.4, -0.2) is 37.4 Å². The number of hydrogen-bond acceptors (Lipinski definition) is 11. The van der Waals surface area contributed by atoms with E-state index in [9.17, 15) is 29.8 Å². The Hall–Kier alpha value is -4.11. The van der Waals surface area contributed by atoms with Crippen LogP contribution in [0.5, 0.6) is 0 Å². The van der Waals surface area contributed by atoms with Crippen molar-refractivity contribution >= 4 is 73.6 Å². The summed E-state index contributed by atoms with van der Waals surface area (Å²) >= 11 is 3.47. The number of nitrogens with one attached hydrogen (secondary N) is 1. The second kappa shape index (κ2) is 11.3. The molecule has 1 N–H and O–H groups in total. The summed E-state index contributed by atoms with van der Waals surface area (Å²) in [7, 11) is 0. The van der Waals surface area contributed by atoms with Crippen LogP contribution in [0.4, 0.5) is 11.4 Å². The van der Waals surface area contributed by atoms with Crippen LogP contribution in [0.3, 0.4) is 0 Å². The Bertz CT molecular complexity index is 1620. The normalized spacial score (nSPS) is 16.2. The SMILES string of the molecule is O=C(CNN1C(=O)/C(=C\c2cccc([N+](=O)[O-])c2)SC1c1cccc([N+](=O)[O-])c1)Sc1nc2ccccc2s1. The standard InChI is InChI=1S/C25H17N5O6S3/c31-22(39-25-27-19-9-1-2-10-20(19)38-25)14-26-28-23(32)21(12-15-5-3-7-17(11-15)29(33)34)37-24(28)16-6-4-8-18(13-16)30(35)36/h1-13,24,26H,14H2/b21-12+. The molecule has 39 heavy (non-hydrogen) atoms. The van der Waals surface area contributed by atoms with E-state index in [0.29, 0.717) is 15.5 Å². The molecule has 5 rings (SSSR count). The van der Waals surface area contributed by atoms with Crippen molar-refractivity contribution in [2.75, 3.05) is 6.54 Å². The first-order valence-corrected chi connectivity index (χ1v) is 13.8. The fourth-order valence-corrected chi connectivity index (χ4v) is 6.86. The monoisotopic (exact) mass is 579 g/mol. The number of carbonyl (C=O) groups excluding carboxylic acids is 2. The van der Waals surface area contributed by atoms with Crippen LogP contribution in [0.15, 0.2) is 82.0 Å². The fraction of sp³-hybridized carbons (Fsp3) is 0.0800. The number of nitrogens with zero attached hydrogens (tertiary/aromatic N) is 4. The molecule has 1 unspecified atom stereocenters. The Morgan fingerprint density at radius 3 is 2.49 bits per heavy atom. The smallest absolute Gasteiger partial charge is 0.275 e. The van der Waals surface area contributed by atoms with E-state index in [2.05, 4.69) is 10.4 Å². The number of para-hydroxylation sites is 1. The number of thioether (sulfide) groups is 2. The Balaban J connectivity index is 1.39. The van der Waals surface area contributed by atoms with Gasteiger partial charge in [-0.15, -0.1) is 11.3 Å². The van der Waals surface area contributed by atoms with Gasteiger partial charge in [0, 0.05) is 24.3 Å². The predicted octanol–water partition coefficient (Wildman–Crippen LogP) is 5.55. The molecule has 0 aliphatic carbocycles. The predicted molar refractivity (Wildman–Crippen MR) is 150 cm³/mol. The number of rotatable bonds is 8. The van der Waals surface area contributed by atoms with Gasteiger partial charge >= 0.3 is 0 Å². The summed E-state index contributed by atoms with van der Waals surface area (Å²) < 4.78 is 1.53. The second-order valence-corrected chi connectivity index (χ2v) is 11.6. The maximum atomic E-state index is 13.4. The van der Waals surface area contributed by atoms with E-state index in [0.717, 1.165) is 33.7 Å². The molecule has 1 fully saturated rings. The van der Waals surface area contributed by atoms with Crippen molar-refractivity contribution in [3.8, 4) is 0 Å². The zero-order valence-corrected chi connectivity index (χ0v) is 22.2. The fourth-order valence-electron chi connectivity index (χ4n) is 3.77. The molecule has 3 aromatic carbocycles. The van der Waals surface area contributed by atoms with Crippen molar-refractivity contribution in [3.05, 3.63) is 109 Å². The van der Waals surface area contributed by atoms with E-state index < -0.39 is 21.1 Å². The Morgan fingerprint density at radius 1 is 1.03 bits per heavy atom. The van der Waals surface area contributed by atoms with Crippen molar-refractivity contribution in [1.82, 2.24) is 15.4 Å². The minimum absolute atomic E-state index is 0.123. The first-order valence-electron chi connectivity index (χ1n) is 11.3. The van der Waals surface area contributed by atoms with E-state index in [1.165, 1.54) is 58.8 Å². The molecule has 1 aromatic heterocycles. The summed E-state index contributed by atoms with van der Waals surface area (Å²) in [6.07, 6.45) is 1.52. The maximum absolute atomic E-state index is 13.4. The van der Waals surface area contributed by atoms with Crippen LogP contribution >= 0.6 is 34.9 Å². The molecule has 1 saturated heterocycles. The minimum Gasteiger partial charge on any atom is -0.285 e. The molecule has 0 radical (unpaired) electrons.